The number of hydrogen-bond acceptors (Lipinski definition) is 16. The van der Waals surface area contributed by atoms with Gasteiger partial charge in [0.15, 0.2) is 46.0 Å². The van der Waals surface area contributed by atoms with Crippen LogP contribution in [0.15, 0.2) is 70.9 Å². The van der Waals surface area contributed by atoms with E-state index in [2.05, 4.69) is 21.1 Å². The first-order chi connectivity index (χ1) is 29.0. The molecule has 0 aliphatic heterocycles. The number of rotatable bonds is 21. The average Bonchev–Trinajstić information content (AvgIpc) is 3.27. The van der Waals surface area contributed by atoms with Crippen molar-refractivity contribution in [2.24, 2.45) is 10.2 Å². The van der Waals surface area contributed by atoms with Gasteiger partial charge in [-0.15, -0.1) is 0 Å². The van der Waals surface area contributed by atoms with Crippen LogP contribution in [0.2, 0.25) is 0 Å². The van der Waals surface area contributed by atoms with E-state index in [9.17, 15) is 19.2 Å². The minimum atomic E-state index is -0.687. The second-order valence-electron chi connectivity index (χ2n) is 12.2. The molecule has 318 valence electrons. The van der Waals surface area contributed by atoms with E-state index in [4.69, 9.17) is 47.4 Å². The number of amides is 2. The Morgan fingerprint density at radius 1 is 0.450 bits per heavy atom. The molecule has 2 amide bonds. The molecule has 4 rings (SSSR count). The number of benzene rings is 4. The molecule has 0 aromatic heterocycles. The maximum absolute atomic E-state index is 13.0. The predicted octanol–water partition coefficient (Wildman–Crippen LogP) is 5.35. The molecule has 0 spiro atoms. The van der Waals surface area contributed by atoms with Crippen molar-refractivity contribution in [3.05, 3.63) is 82.9 Å². The first-order valence-corrected chi connectivity index (χ1v) is 18.1. The van der Waals surface area contributed by atoms with Crippen LogP contribution in [0.3, 0.4) is 0 Å². The van der Waals surface area contributed by atoms with Gasteiger partial charge in [0.2, 0.25) is 23.3 Å². The predicted molar refractivity (Wildman–Crippen MR) is 218 cm³/mol. The Hall–Kier alpha value is -7.50. The lowest BCUT2D eigenvalue weighted by molar-refractivity contribution is -0.123. The topological polar surface area (TPSA) is 209 Å². The van der Waals surface area contributed by atoms with E-state index >= 15 is 0 Å². The van der Waals surface area contributed by atoms with Crippen molar-refractivity contribution < 1.29 is 66.5 Å². The molecule has 0 aliphatic carbocycles. The van der Waals surface area contributed by atoms with Gasteiger partial charge in [-0.2, -0.15) is 10.2 Å². The maximum Gasteiger partial charge on any atom is 0.343 e. The van der Waals surface area contributed by atoms with Gasteiger partial charge in [0.1, 0.15) is 0 Å². The second kappa shape index (κ2) is 22.4. The van der Waals surface area contributed by atoms with E-state index in [1.807, 2.05) is 0 Å². The molecule has 0 unspecified atom stereocenters. The Morgan fingerprint density at radius 3 is 1.08 bits per heavy atom. The molecule has 18 heteroatoms. The van der Waals surface area contributed by atoms with Gasteiger partial charge in [-0.3, -0.25) is 9.59 Å². The maximum atomic E-state index is 13.0. The highest BCUT2D eigenvalue weighted by atomic mass is 16.6. The van der Waals surface area contributed by atoms with Crippen molar-refractivity contribution in [1.82, 2.24) is 10.9 Å². The number of unbranched alkanes of at least 4 members (excludes halogenated alkanes) is 1. The minimum Gasteiger partial charge on any atom is -0.493 e. The molecule has 2 N–H and O–H groups in total. The molecule has 0 fully saturated rings. The van der Waals surface area contributed by atoms with Crippen LogP contribution in [0.5, 0.6) is 57.5 Å². The highest BCUT2D eigenvalue weighted by Crippen LogP contribution is 2.40. The van der Waals surface area contributed by atoms with Gasteiger partial charge >= 0.3 is 11.9 Å². The molecular weight excluding hydrogens is 784 g/mol. The molecule has 0 saturated heterocycles. The number of esters is 2. The summed E-state index contributed by atoms with van der Waals surface area (Å²) >= 11 is 0. The number of carbonyl (C=O) groups excluding carboxylic acids is 4. The van der Waals surface area contributed by atoms with Crippen LogP contribution in [0, 0.1) is 0 Å². The number of ether oxygens (including phenoxy) is 10. The highest BCUT2D eigenvalue weighted by molar-refractivity contribution is 5.94. The van der Waals surface area contributed by atoms with E-state index in [0.29, 0.717) is 58.5 Å². The Labute approximate surface area is 346 Å². The minimum absolute atomic E-state index is 0.128. The fourth-order valence-corrected chi connectivity index (χ4v) is 5.45. The summed E-state index contributed by atoms with van der Waals surface area (Å²) in [6, 6.07) is 15.3. The molecule has 4 aromatic carbocycles. The molecule has 0 heterocycles. The van der Waals surface area contributed by atoms with E-state index in [1.165, 1.54) is 106 Å². The third kappa shape index (κ3) is 12.0. The van der Waals surface area contributed by atoms with Gasteiger partial charge in [-0.05, 0) is 84.6 Å². The van der Waals surface area contributed by atoms with E-state index in [1.54, 1.807) is 24.3 Å². The zero-order valence-electron chi connectivity index (χ0n) is 34.4. The Kier molecular flexibility index (Phi) is 16.9. The van der Waals surface area contributed by atoms with Gasteiger partial charge in [-0.1, -0.05) is 0 Å². The van der Waals surface area contributed by atoms with E-state index in [-0.39, 0.29) is 58.8 Å². The van der Waals surface area contributed by atoms with Crippen LogP contribution < -0.4 is 58.2 Å². The smallest absolute Gasteiger partial charge is 0.343 e. The lowest BCUT2D eigenvalue weighted by Gasteiger charge is -2.14. The average molecular weight is 831 g/mol. The molecule has 0 bridgehead atoms. The zero-order valence-corrected chi connectivity index (χ0v) is 34.4. The standard InChI is InChI=1S/C42H46N4O14/c1-51-31-17-25(13-15-29(31)59-41(49)27-19-33(53-3)39(57-7)34(20-27)54-4)23-43-45-37(47)11-9-10-12-38(48)46-44-24-26-14-16-30(32(18-26)52-2)60-42(50)28-21-35(55-5)40(58-8)36(22-28)56-6/h13-24H,9-12H2,1-8H3,(H,45,47)(H,46,48)/b43-23+,44-24+. The number of carbonyl (C=O) groups is 4. The second-order valence-corrected chi connectivity index (χ2v) is 12.2. The molecular formula is C42H46N4O14. The van der Waals surface area contributed by atoms with Crippen LogP contribution in [0.1, 0.15) is 57.5 Å². The summed E-state index contributed by atoms with van der Waals surface area (Å²) in [5.74, 6) is 0.551. The summed E-state index contributed by atoms with van der Waals surface area (Å²) in [5.41, 5.74) is 6.33. The van der Waals surface area contributed by atoms with Crippen molar-refractivity contribution in [3.8, 4) is 57.5 Å². The first-order valence-electron chi connectivity index (χ1n) is 18.1. The van der Waals surface area contributed by atoms with Crippen molar-refractivity contribution in [1.29, 1.82) is 0 Å². The van der Waals surface area contributed by atoms with Crippen molar-refractivity contribution in [3.63, 3.8) is 0 Å². The van der Waals surface area contributed by atoms with Gasteiger partial charge in [0, 0.05) is 12.8 Å². The fourth-order valence-electron chi connectivity index (χ4n) is 5.45. The molecule has 4 aromatic rings. The summed E-state index contributed by atoms with van der Waals surface area (Å²) in [7, 11) is 11.5. The van der Waals surface area contributed by atoms with Crippen molar-refractivity contribution in [2.45, 2.75) is 25.7 Å². The lowest BCUT2D eigenvalue weighted by Crippen LogP contribution is -2.19. The molecule has 0 atom stereocenters. The normalized spacial score (nSPS) is 10.7. The summed E-state index contributed by atoms with van der Waals surface area (Å²) < 4.78 is 53.8. The number of methoxy groups -OCH3 is 8. The number of hydrazone groups is 2. The first kappa shape index (κ1) is 45.2. The fraction of sp³-hybridized carbons (Fsp3) is 0.286. The number of nitrogens with zero attached hydrogens (tertiary/aromatic N) is 2. The van der Waals surface area contributed by atoms with Gasteiger partial charge in [0.25, 0.3) is 0 Å². The highest BCUT2D eigenvalue weighted by Gasteiger charge is 2.21. The monoisotopic (exact) mass is 830 g/mol. The number of hydrogen-bond donors (Lipinski definition) is 2. The molecule has 60 heavy (non-hydrogen) atoms. The summed E-state index contributed by atoms with van der Waals surface area (Å²) in [5, 5.41) is 7.97. The van der Waals surface area contributed by atoms with Gasteiger partial charge in [0.05, 0.1) is 80.4 Å². The number of nitrogens with one attached hydrogen (secondary N) is 2. The van der Waals surface area contributed by atoms with Crippen LogP contribution in [0.4, 0.5) is 0 Å². The third-order valence-corrected chi connectivity index (χ3v) is 8.44. The summed E-state index contributed by atoms with van der Waals surface area (Å²) in [4.78, 5) is 50.6. The summed E-state index contributed by atoms with van der Waals surface area (Å²) in [6.07, 6.45) is 3.92. The SMILES string of the molecule is COc1cc(/C=N/NC(=O)CCCCC(=O)N/N=C/c2ccc(OC(=O)c3cc(OC)c(OC)c(OC)c3)c(OC)c2)ccc1OC(=O)c1cc(OC)c(OC)c(OC)c1. The largest absolute Gasteiger partial charge is 0.493 e. The van der Waals surface area contributed by atoms with Crippen molar-refractivity contribution >= 4 is 36.2 Å². The van der Waals surface area contributed by atoms with Crippen LogP contribution in [0.25, 0.3) is 0 Å². The van der Waals surface area contributed by atoms with Crippen LogP contribution >= 0.6 is 0 Å². The van der Waals surface area contributed by atoms with Crippen LogP contribution in [-0.2, 0) is 9.59 Å². The van der Waals surface area contributed by atoms with E-state index in [0.717, 1.165) is 0 Å². The lowest BCUT2D eigenvalue weighted by atomic mass is 10.1. The van der Waals surface area contributed by atoms with Gasteiger partial charge < -0.3 is 47.4 Å². The van der Waals surface area contributed by atoms with Crippen molar-refractivity contribution in [2.75, 3.05) is 56.9 Å². The third-order valence-electron chi connectivity index (χ3n) is 8.44. The molecule has 0 saturated carbocycles. The Bertz CT molecular complexity index is 2020. The molecule has 0 radical (unpaired) electrons. The Balaban J connectivity index is 1.20. The Morgan fingerprint density at radius 2 is 0.783 bits per heavy atom. The van der Waals surface area contributed by atoms with Crippen LogP contribution in [-0.4, -0.2) is 93.1 Å². The quantitative estimate of drug-likeness (QED) is 0.0357. The molecule has 18 nitrogen and oxygen atoms in total. The van der Waals surface area contributed by atoms with Gasteiger partial charge in [-0.25, -0.2) is 20.4 Å². The zero-order chi connectivity index (χ0) is 43.6. The molecule has 0 aliphatic rings. The van der Waals surface area contributed by atoms with E-state index < -0.39 is 11.9 Å². The summed E-state index contributed by atoms with van der Waals surface area (Å²) in [6.45, 7) is 0.